The molecule has 0 saturated carbocycles. The van der Waals surface area contributed by atoms with Crippen LogP contribution in [0.25, 0.3) is 0 Å². The van der Waals surface area contributed by atoms with Crippen LogP contribution in [0, 0.1) is 0 Å². The summed E-state index contributed by atoms with van der Waals surface area (Å²) >= 11 is 0. The molecule has 2 aliphatic heterocycles. The molecular weight excluding hydrogens is 361 g/mol. The third-order valence-electron chi connectivity index (χ3n) is 4.70. The molecule has 2 aliphatic rings. The van der Waals surface area contributed by atoms with E-state index in [0.29, 0.717) is 13.0 Å². The Kier molecular flexibility index (Phi) is 9.75. The van der Waals surface area contributed by atoms with Crippen LogP contribution < -0.4 is 5.32 Å². The Morgan fingerprint density at radius 3 is 2.64 bits per heavy atom. The number of benzene rings is 1. The van der Waals surface area contributed by atoms with Gasteiger partial charge in [-0.3, -0.25) is 9.69 Å². The molecule has 5 nitrogen and oxygen atoms in total. The fourth-order valence-corrected chi connectivity index (χ4v) is 3.47. The zero-order valence-electron chi connectivity index (χ0n) is 14.7. The van der Waals surface area contributed by atoms with Gasteiger partial charge in [0.1, 0.15) is 0 Å². The SMILES string of the molecule is C[C@@H]1CN(Cc2ccccc2)CCN1C(=O)CC1COCCN1.Cl.Cl. The van der Waals surface area contributed by atoms with Crippen molar-refractivity contribution in [3.8, 4) is 0 Å². The fraction of sp³-hybridized carbons (Fsp3) is 0.611. The van der Waals surface area contributed by atoms with Crippen molar-refractivity contribution < 1.29 is 9.53 Å². The summed E-state index contributed by atoms with van der Waals surface area (Å²) in [5.74, 6) is 0.250. The first-order chi connectivity index (χ1) is 11.2. The predicted molar refractivity (Wildman–Crippen MR) is 105 cm³/mol. The zero-order valence-corrected chi connectivity index (χ0v) is 16.4. The van der Waals surface area contributed by atoms with Crippen molar-refractivity contribution in [2.45, 2.75) is 32.0 Å². The monoisotopic (exact) mass is 389 g/mol. The number of nitrogens with one attached hydrogen (secondary N) is 1. The number of hydrogen-bond acceptors (Lipinski definition) is 4. The summed E-state index contributed by atoms with van der Waals surface area (Å²) in [6.07, 6.45) is 0.545. The Labute approximate surface area is 162 Å². The van der Waals surface area contributed by atoms with E-state index in [9.17, 15) is 4.79 Å². The molecule has 0 bridgehead atoms. The lowest BCUT2D eigenvalue weighted by Crippen LogP contribution is -2.55. The zero-order chi connectivity index (χ0) is 16.1. The lowest BCUT2D eigenvalue weighted by Gasteiger charge is -2.40. The van der Waals surface area contributed by atoms with Crippen LogP contribution in [0.15, 0.2) is 30.3 Å². The van der Waals surface area contributed by atoms with E-state index in [2.05, 4.69) is 41.4 Å². The molecule has 142 valence electrons. The van der Waals surface area contributed by atoms with Gasteiger partial charge in [0.2, 0.25) is 5.91 Å². The molecule has 1 unspecified atom stereocenters. The summed E-state index contributed by atoms with van der Waals surface area (Å²) in [6, 6.07) is 11.0. The van der Waals surface area contributed by atoms with E-state index in [4.69, 9.17) is 4.74 Å². The maximum atomic E-state index is 12.6. The van der Waals surface area contributed by atoms with Crippen molar-refractivity contribution >= 4 is 30.7 Å². The van der Waals surface area contributed by atoms with Crippen molar-refractivity contribution in [1.82, 2.24) is 15.1 Å². The summed E-state index contributed by atoms with van der Waals surface area (Å²) in [5, 5.41) is 3.36. The van der Waals surface area contributed by atoms with Crippen molar-refractivity contribution in [2.24, 2.45) is 0 Å². The number of amides is 1. The van der Waals surface area contributed by atoms with E-state index in [1.54, 1.807) is 0 Å². The molecule has 25 heavy (non-hydrogen) atoms. The minimum atomic E-state index is 0. The van der Waals surface area contributed by atoms with Gasteiger partial charge in [0.05, 0.1) is 13.2 Å². The number of piperazine rings is 1. The van der Waals surface area contributed by atoms with Crippen LogP contribution in [0.1, 0.15) is 18.9 Å². The summed E-state index contributed by atoms with van der Waals surface area (Å²) in [5.41, 5.74) is 1.34. The fourth-order valence-electron chi connectivity index (χ4n) is 3.47. The van der Waals surface area contributed by atoms with Gasteiger partial charge in [-0.2, -0.15) is 0 Å². The van der Waals surface area contributed by atoms with E-state index in [-0.39, 0.29) is 42.8 Å². The Hall–Kier alpha value is -0.850. The first-order valence-electron chi connectivity index (χ1n) is 8.59. The van der Waals surface area contributed by atoms with Gasteiger partial charge in [0.25, 0.3) is 0 Å². The number of hydrogen-bond donors (Lipinski definition) is 1. The predicted octanol–water partition coefficient (Wildman–Crippen LogP) is 1.94. The first kappa shape index (κ1) is 22.2. The van der Waals surface area contributed by atoms with Gasteiger partial charge in [0.15, 0.2) is 0 Å². The van der Waals surface area contributed by atoms with Crippen molar-refractivity contribution in [3.63, 3.8) is 0 Å². The Bertz CT molecular complexity index is 512. The van der Waals surface area contributed by atoms with Gasteiger partial charge in [-0.1, -0.05) is 30.3 Å². The smallest absolute Gasteiger partial charge is 0.224 e. The standard InChI is InChI=1S/C18H27N3O2.2ClH/c1-15-12-20(13-16-5-3-2-4-6-16)8-9-21(15)18(22)11-17-14-23-10-7-19-17;;/h2-6,15,17,19H,7-14H2,1H3;2*1H/t15-,17?;;/m1../s1. The second-order valence-corrected chi connectivity index (χ2v) is 6.59. The Morgan fingerprint density at radius 1 is 1.24 bits per heavy atom. The second kappa shape index (κ2) is 11.0. The average molecular weight is 390 g/mol. The van der Waals surface area contributed by atoms with Crippen LogP contribution in [0.2, 0.25) is 0 Å². The molecule has 7 heteroatoms. The average Bonchev–Trinajstić information content (AvgIpc) is 2.57. The van der Waals surface area contributed by atoms with Crippen LogP contribution in [-0.2, 0) is 16.1 Å². The van der Waals surface area contributed by atoms with Crippen LogP contribution in [0.5, 0.6) is 0 Å². The lowest BCUT2D eigenvalue weighted by molar-refractivity contribution is -0.137. The van der Waals surface area contributed by atoms with E-state index < -0.39 is 0 Å². The molecule has 1 aromatic carbocycles. The molecule has 0 aromatic heterocycles. The third kappa shape index (κ3) is 6.42. The normalized spacial score (nSPS) is 24.1. The highest BCUT2D eigenvalue weighted by atomic mass is 35.5. The molecule has 0 aliphatic carbocycles. The van der Waals surface area contributed by atoms with E-state index >= 15 is 0 Å². The minimum Gasteiger partial charge on any atom is -0.378 e. The summed E-state index contributed by atoms with van der Waals surface area (Å²) in [4.78, 5) is 17.0. The molecule has 2 atom stereocenters. The maximum absolute atomic E-state index is 12.6. The second-order valence-electron chi connectivity index (χ2n) is 6.59. The quantitative estimate of drug-likeness (QED) is 0.854. The van der Waals surface area contributed by atoms with E-state index in [1.807, 2.05) is 11.0 Å². The largest absolute Gasteiger partial charge is 0.378 e. The summed E-state index contributed by atoms with van der Waals surface area (Å²) < 4.78 is 5.44. The van der Waals surface area contributed by atoms with Crippen LogP contribution in [0.4, 0.5) is 0 Å². The van der Waals surface area contributed by atoms with Crippen molar-refractivity contribution in [1.29, 1.82) is 0 Å². The lowest BCUT2D eigenvalue weighted by atomic mass is 10.1. The first-order valence-corrected chi connectivity index (χ1v) is 8.59. The van der Waals surface area contributed by atoms with Gasteiger partial charge in [-0.15, -0.1) is 24.8 Å². The number of rotatable bonds is 4. The van der Waals surface area contributed by atoms with Crippen LogP contribution >= 0.6 is 24.8 Å². The number of carbonyl (C=O) groups excluding carboxylic acids is 1. The Morgan fingerprint density at radius 2 is 2.00 bits per heavy atom. The number of halogens is 2. The molecule has 1 aromatic rings. The molecule has 2 fully saturated rings. The molecule has 2 saturated heterocycles. The summed E-state index contributed by atoms with van der Waals surface area (Å²) in [6.45, 7) is 8.06. The topological polar surface area (TPSA) is 44.8 Å². The summed E-state index contributed by atoms with van der Waals surface area (Å²) in [7, 11) is 0. The Balaban J connectivity index is 0.00000156. The minimum absolute atomic E-state index is 0. The van der Waals surface area contributed by atoms with Gasteiger partial charge in [-0.25, -0.2) is 0 Å². The van der Waals surface area contributed by atoms with Crippen molar-refractivity contribution in [2.75, 3.05) is 39.4 Å². The third-order valence-corrected chi connectivity index (χ3v) is 4.70. The molecule has 0 radical (unpaired) electrons. The van der Waals surface area contributed by atoms with Gasteiger partial charge < -0.3 is 15.0 Å². The highest BCUT2D eigenvalue weighted by Crippen LogP contribution is 2.15. The van der Waals surface area contributed by atoms with Gasteiger partial charge in [-0.05, 0) is 12.5 Å². The molecular formula is C18H29Cl2N3O2. The number of morpholine rings is 1. The number of carbonyl (C=O) groups is 1. The molecule has 3 rings (SSSR count). The maximum Gasteiger partial charge on any atom is 0.224 e. The van der Waals surface area contributed by atoms with Crippen molar-refractivity contribution in [3.05, 3.63) is 35.9 Å². The number of nitrogens with zero attached hydrogens (tertiary/aromatic N) is 2. The molecule has 2 heterocycles. The molecule has 1 N–H and O–H groups in total. The molecule has 1 amide bonds. The van der Waals surface area contributed by atoms with E-state index in [1.165, 1.54) is 5.56 Å². The number of ether oxygens (including phenoxy) is 1. The molecule has 0 spiro atoms. The van der Waals surface area contributed by atoms with Crippen LogP contribution in [0.3, 0.4) is 0 Å². The van der Waals surface area contributed by atoms with Gasteiger partial charge in [0, 0.05) is 51.2 Å². The highest BCUT2D eigenvalue weighted by molar-refractivity contribution is 5.85. The van der Waals surface area contributed by atoms with Crippen LogP contribution in [-0.4, -0.2) is 67.2 Å². The van der Waals surface area contributed by atoms with E-state index in [0.717, 1.165) is 39.3 Å². The van der Waals surface area contributed by atoms with Gasteiger partial charge >= 0.3 is 0 Å². The highest BCUT2D eigenvalue weighted by Gasteiger charge is 2.29.